The Morgan fingerprint density at radius 1 is 1.05 bits per heavy atom. The molecular weight excluding hydrogens is 297 g/mol. The summed E-state index contributed by atoms with van der Waals surface area (Å²) in [5.41, 5.74) is 0. The van der Waals surface area contributed by atoms with E-state index < -0.39 is 10.9 Å². The number of rotatable bonds is 12. The summed E-state index contributed by atoms with van der Waals surface area (Å²) in [7, 11) is 1.61. The zero-order valence-corrected chi connectivity index (χ0v) is 14.3. The van der Waals surface area contributed by atoms with Crippen LogP contribution in [0.3, 0.4) is 0 Å². The summed E-state index contributed by atoms with van der Waals surface area (Å²) < 4.78 is 0. The predicted molar refractivity (Wildman–Crippen MR) is 86.4 cm³/mol. The van der Waals surface area contributed by atoms with Crippen molar-refractivity contribution >= 4 is 29.1 Å². The fourth-order valence-corrected chi connectivity index (χ4v) is 2.51. The first-order chi connectivity index (χ1) is 9.49. The van der Waals surface area contributed by atoms with Crippen molar-refractivity contribution in [2.75, 3.05) is 13.6 Å². The van der Waals surface area contributed by atoms with Crippen LogP contribution in [0.1, 0.15) is 64.7 Å². The van der Waals surface area contributed by atoms with E-state index in [1.807, 2.05) is 0 Å². The lowest BCUT2D eigenvalue weighted by atomic mass is 10.1. The average molecular weight is 326 g/mol. The van der Waals surface area contributed by atoms with Gasteiger partial charge in [0.15, 0.2) is 4.84 Å². The number of hydrogen-bond acceptors (Lipinski definition) is 2. The number of halogens is 2. The van der Waals surface area contributed by atoms with Crippen LogP contribution in [0.15, 0.2) is 0 Å². The summed E-state index contributed by atoms with van der Waals surface area (Å²) >= 11 is 11.0. The number of nitrogens with zero attached hydrogens (tertiary/aromatic N) is 1. The van der Waals surface area contributed by atoms with Crippen molar-refractivity contribution in [2.24, 2.45) is 0 Å². The smallest absolute Gasteiger partial charge is 0.255 e. The van der Waals surface area contributed by atoms with Gasteiger partial charge in [0.25, 0.3) is 5.91 Å². The molecule has 0 aliphatic heterocycles. The molecule has 0 aromatic heterocycles. The Labute approximate surface area is 133 Å². The van der Waals surface area contributed by atoms with Crippen molar-refractivity contribution < 1.29 is 9.90 Å². The Morgan fingerprint density at radius 2 is 1.55 bits per heavy atom. The van der Waals surface area contributed by atoms with Crippen LogP contribution < -0.4 is 0 Å². The molecule has 120 valence electrons. The number of hydrogen-bond donors (Lipinski definition) is 1. The molecule has 0 fully saturated rings. The Balaban J connectivity index is 3.49. The molecule has 0 spiro atoms. The third-order valence-electron chi connectivity index (χ3n) is 3.44. The maximum absolute atomic E-state index is 11.4. The summed E-state index contributed by atoms with van der Waals surface area (Å²) in [4.78, 5) is 11.8. The number of aliphatic hydroxyl groups excluding tert-OH is 1. The lowest BCUT2D eigenvalue weighted by molar-refractivity contribution is -0.129. The van der Waals surface area contributed by atoms with Crippen LogP contribution in [0.5, 0.6) is 0 Å². The number of unbranched alkanes of at least 4 members (excludes halogenated alkanes) is 7. The molecule has 1 amide bonds. The predicted octanol–water partition coefficient (Wildman–Crippen LogP) is 4.14. The van der Waals surface area contributed by atoms with Gasteiger partial charge in [0.2, 0.25) is 0 Å². The van der Waals surface area contributed by atoms with Crippen LogP contribution in [-0.4, -0.2) is 40.4 Å². The van der Waals surface area contributed by atoms with Gasteiger partial charge in [-0.25, -0.2) is 0 Å². The summed E-state index contributed by atoms with van der Waals surface area (Å²) in [5.74, 6) is -0.358. The highest BCUT2D eigenvalue weighted by atomic mass is 35.5. The first-order valence-corrected chi connectivity index (χ1v) is 8.57. The van der Waals surface area contributed by atoms with Crippen molar-refractivity contribution in [1.29, 1.82) is 0 Å². The Morgan fingerprint density at radius 3 is 2.05 bits per heavy atom. The van der Waals surface area contributed by atoms with Crippen LogP contribution in [0.4, 0.5) is 0 Å². The van der Waals surface area contributed by atoms with Crippen molar-refractivity contribution in [3.05, 3.63) is 0 Å². The van der Waals surface area contributed by atoms with E-state index in [9.17, 15) is 9.90 Å². The molecule has 0 saturated heterocycles. The van der Waals surface area contributed by atoms with Gasteiger partial charge in [-0.1, -0.05) is 81.5 Å². The molecule has 0 bridgehead atoms. The third-order valence-corrected chi connectivity index (χ3v) is 3.81. The Bertz CT molecular complexity index is 250. The number of alkyl halides is 2. The number of carbonyl (C=O) groups excluding carboxylic acids is 1. The fourth-order valence-electron chi connectivity index (χ4n) is 2.18. The minimum atomic E-state index is -1.05. The normalized spacial score (nSPS) is 12.7. The van der Waals surface area contributed by atoms with Gasteiger partial charge >= 0.3 is 0 Å². The molecule has 0 aliphatic carbocycles. The SMILES string of the molecule is CCCCCCCCCCC(O)CN(C)C(=O)C(Cl)Cl. The number of amides is 1. The largest absolute Gasteiger partial charge is 0.391 e. The highest BCUT2D eigenvalue weighted by Gasteiger charge is 2.18. The van der Waals surface area contributed by atoms with Crippen LogP contribution >= 0.6 is 23.2 Å². The van der Waals surface area contributed by atoms with E-state index in [1.165, 1.54) is 43.4 Å². The molecule has 0 rings (SSSR count). The molecule has 20 heavy (non-hydrogen) atoms. The summed E-state index contributed by atoms with van der Waals surface area (Å²) in [6.45, 7) is 2.52. The molecule has 0 saturated carbocycles. The van der Waals surface area contributed by atoms with Gasteiger partial charge in [0.05, 0.1) is 6.10 Å². The second-order valence-corrected chi connectivity index (χ2v) is 6.53. The minimum Gasteiger partial charge on any atom is -0.391 e. The van der Waals surface area contributed by atoms with Gasteiger partial charge in [-0.2, -0.15) is 0 Å². The molecule has 0 heterocycles. The molecule has 5 heteroatoms. The lowest BCUT2D eigenvalue weighted by Crippen LogP contribution is -2.37. The standard InChI is InChI=1S/C15H29Cl2NO2/c1-3-4-5-6-7-8-9-10-11-13(19)12-18(2)15(20)14(16)17/h13-14,19H,3-12H2,1-2H3. The maximum atomic E-state index is 11.4. The van der Waals surface area contributed by atoms with Crippen molar-refractivity contribution in [2.45, 2.75) is 75.7 Å². The number of likely N-dealkylation sites (N-methyl/N-ethyl adjacent to an activating group) is 1. The highest BCUT2D eigenvalue weighted by molar-refractivity contribution is 6.53. The molecular formula is C15H29Cl2NO2. The van der Waals surface area contributed by atoms with Gasteiger partial charge < -0.3 is 10.0 Å². The summed E-state index contributed by atoms with van der Waals surface area (Å²) in [5, 5.41) is 9.84. The zero-order chi connectivity index (χ0) is 15.4. The van der Waals surface area contributed by atoms with Gasteiger partial charge in [-0.05, 0) is 6.42 Å². The van der Waals surface area contributed by atoms with Crippen LogP contribution in [0.2, 0.25) is 0 Å². The van der Waals surface area contributed by atoms with Crippen LogP contribution in [-0.2, 0) is 4.79 Å². The van der Waals surface area contributed by atoms with E-state index in [0.29, 0.717) is 6.54 Å². The van der Waals surface area contributed by atoms with E-state index in [4.69, 9.17) is 23.2 Å². The van der Waals surface area contributed by atoms with Gasteiger partial charge in [0, 0.05) is 13.6 Å². The molecule has 0 aliphatic rings. The average Bonchev–Trinajstić information content (AvgIpc) is 2.40. The maximum Gasteiger partial charge on any atom is 0.255 e. The quantitative estimate of drug-likeness (QED) is 0.432. The molecule has 0 aromatic rings. The van der Waals surface area contributed by atoms with Gasteiger partial charge in [0.1, 0.15) is 0 Å². The Kier molecular flexibility index (Phi) is 12.7. The van der Waals surface area contributed by atoms with Crippen molar-refractivity contribution in [1.82, 2.24) is 4.90 Å². The molecule has 0 aromatic carbocycles. The molecule has 3 nitrogen and oxygen atoms in total. The van der Waals surface area contributed by atoms with Crippen LogP contribution in [0, 0.1) is 0 Å². The lowest BCUT2D eigenvalue weighted by Gasteiger charge is -2.21. The van der Waals surface area contributed by atoms with Crippen LogP contribution in [0.25, 0.3) is 0 Å². The van der Waals surface area contributed by atoms with E-state index in [-0.39, 0.29) is 5.91 Å². The minimum absolute atomic E-state index is 0.297. The second kappa shape index (κ2) is 12.7. The van der Waals surface area contributed by atoms with Crippen molar-refractivity contribution in [3.8, 4) is 0 Å². The van der Waals surface area contributed by atoms with Crippen molar-refractivity contribution in [3.63, 3.8) is 0 Å². The summed E-state index contributed by atoms with van der Waals surface area (Å²) in [6, 6.07) is 0. The molecule has 0 radical (unpaired) electrons. The first-order valence-electron chi connectivity index (χ1n) is 7.70. The molecule has 1 unspecified atom stereocenters. The van der Waals surface area contributed by atoms with Gasteiger partial charge in [-0.3, -0.25) is 4.79 Å². The van der Waals surface area contributed by atoms with E-state index in [0.717, 1.165) is 19.3 Å². The second-order valence-electron chi connectivity index (χ2n) is 5.44. The highest BCUT2D eigenvalue weighted by Crippen LogP contribution is 2.12. The van der Waals surface area contributed by atoms with E-state index in [1.54, 1.807) is 7.05 Å². The monoisotopic (exact) mass is 325 g/mol. The van der Waals surface area contributed by atoms with E-state index >= 15 is 0 Å². The number of aliphatic hydroxyl groups is 1. The third kappa shape index (κ3) is 10.8. The fraction of sp³-hybridized carbons (Fsp3) is 0.933. The summed E-state index contributed by atoms with van der Waals surface area (Å²) in [6.07, 6.45) is 10.2. The zero-order valence-electron chi connectivity index (χ0n) is 12.8. The number of carbonyl (C=O) groups is 1. The van der Waals surface area contributed by atoms with E-state index in [2.05, 4.69) is 6.92 Å². The molecule has 1 N–H and O–H groups in total. The first kappa shape index (κ1) is 20.0. The molecule has 1 atom stereocenters. The van der Waals surface area contributed by atoms with Gasteiger partial charge in [-0.15, -0.1) is 0 Å². The topological polar surface area (TPSA) is 40.5 Å². The Hall–Kier alpha value is 0.01000.